The van der Waals surface area contributed by atoms with Gasteiger partial charge in [-0.15, -0.1) is 11.6 Å². The molecular formula is C21H37ClN2O4. The Morgan fingerprint density at radius 2 is 2.00 bits per heavy atom. The molecule has 6 nitrogen and oxygen atoms in total. The Bertz CT molecular complexity index is 528. The number of piperidine rings is 1. The third-order valence-corrected chi connectivity index (χ3v) is 6.88. The van der Waals surface area contributed by atoms with E-state index in [0.29, 0.717) is 31.8 Å². The minimum absolute atomic E-state index is 0. The van der Waals surface area contributed by atoms with Crippen LogP contribution in [0.15, 0.2) is 12.2 Å². The number of carbonyl (C=O) groups excluding carboxylic acids is 1. The maximum Gasteiger partial charge on any atom is 0.239 e. The number of likely N-dealkylation sites (tertiary alicyclic amines) is 1. The van der Waals surface area contributed by atoms with Gasteiger partial charge in [0.2, 0.25) is 5.91 Å². The summed E-state index contributed by atoms with van der Waals surface area (Å²) < 4.78 is 5.44. The quantitative estimate of drug-likeness (QED) is 0.509. The fraction of sp³-hybridized carbons (Fsp3) is 0.857. The van der Waals surface area contributed by atoms with Gasteiger partial charge < -0.3 is 25.5 Å². The lowest BCUT2D eigenvalue weighted by molar-refractivity contribution is -0.140. The van der Waals surface area contributed by atoms with Gasteiger partial charge in [0, 0.05) is 32.2 Å². The van der Waals surface area contributed by atoms with Gasteiger partial charge in [-0.2, -0.15) is 0 Å². The summed E-state index contributed by atoms with van der Waals surface area (Å²) in [6, 6.07) is -0.164. The first kappa shape index (κ1) is 23.6. The second-order valence-electron chi connectivity index (χ2n) is 8.87. The molecule has 2 heterocycles. The van der Waals surface area contributed by atoms with E-state index in [1.165, 1.54) is 0 Å². The van der Waals surface area contributed by atoms with E-state index >= 15 is 0 Å². The topological polar surface area (TPSA) is 93.3 Å². The van der Waals surface area contributed by atoms with Gasteiger partial charge in [0.05, 0.1) is 23.6 Å². The molecule has 2 saturated heterocycles. The molecule has 3 unspecified atom stereocenters. The summed E-state index contributed by atoms with van der Waals surface area (Å²) >= 11 is 6.14. The van der Waals surface area contributed by atoms with Gasteiger partial charge in [0.25, 0.3) is 0 Å². The molecule has 0 bridgehead atoms. The Labute approximate surface area is 173 Å². The minimum Gasteiger partial charge on any atom is -0.412 e. The highest BCUT2D eigenvalue weighted by Crippen LogP contribution is 2.37. The van der Waals surface area contributed by atoms with Crippen LogP contribution >= 0.6 is 11.6 Å². The zero-order valence-corrected chi connectivity index (χ0v) is 18.0. The van der Waals surface area contributed by atoms with Crippen molar-refractivity contribution in [3.63, 3.8) is 0 Å². The highest BCUT2D eigenvalue weighted by atomic mass is 35.5. The molecule has 162 valence electrons. The number of halogens is 1. The van der Waals surface area contributed by atoms with E-state index in [-0.39, 0.29) is 34.6 Å². The Morgan fingerprint density at radius 1 is 1.29 bits per heavy atom. The number of carbonyl (C=O) groups is 1. The highest BCUT2D eigenvalue weighted by molar-refractivity contribution is 6.21. The van der Waals surface area contributed by atoms with Crippen molar-refractivity contribution < 1.29 is 20.1 Å². The summed E-state index contributed by atoms with van der Waals surface area (Å²) in [5.41, 5.74) is -0.702. The fourth-order valence-electron chi connectivity index (χ4n) is 4.56. The maximum absolute atomic E-state index is 13.1. The van der Waals surface area contributed by atoms with E-state index in [2.05, 4.69) is 25.2 Å². The Balaban J connectivity index is 0.00000280. The number of alkyl halides is 1. The van der Waals surface area contributed by atoms with Gasteiger partial charge in [0.1, 0.15) is 0 Å². The molecule has 0 radical (unpaired) electrons. The molecule has 3 rings (SSSR count). The van der Waals surface area contributed by atoms with Crippen molar-refractivity contribution in [2.45, 2.75) is 63.0 Å². The molecule has 2 fully saturated rings. The van der Waals surface area contributed by atoms with Crippen LogP contribution in [-0.4, -0.2) is 71.3 Å². The monoisotopic (exact) mass is 416 g/mol. The fourth-order valence-corrected chi connectivity index (χ4v) is 4.77. The summed E-state index contributed by atoms with van der Waals surface area (Å²) in [5, 5.41) is 14.7. The first-order valence-corrected chi connectivity index (χ1v) is 11.0. The summed E-state index contributed by atoms with van der Waals surface area (Å²) in [6.07, 6.45) is 8.29. The molecular weight excluding hydrogens is 380 g/mol. The molecule has 3 aliphatic rings. The lowest BCUT2D eigenvalue weighted by atomic mass is 9.75. The molecule has 1 amide bonds. The largest absolute Gasteiger partial charge is 0.412 e. The molecule has 0 aromatic rings. The van der Waals surface area contributed by atoms with Crippen molar-refractivity contribution >= 4 is 17.5 Å². The van der Waals surface area contributed by atoms with E-state index in [0.717, 1.165) is 39.0 Å². The van der Waals surface area contributed by atoms with Crippen LogP contribution in [0.5, 0.6) is 0 Å². The number of ether oxygens (including phenoxy) is 1. The Morgan fingerprint density at radius 3 is 2.54 bits per heavy atom. The van der Waals surface area contributed by atoms with Crippen molar-refractivity contribution in [3.8, 4) is 0 Å². The van der Waals surface area contributed by atoms with Crippen LogP contribution in [0.4, 0.5) is 0 Å². The summed E-state index contributed by atoms with van der Waals surface area (Å²) in [7, 11) is 0. The lowest BCUT2D eigenvalue weighted by Crippen LogP contribution is -2.56. The molecule has 1 aliphatic carbocycles. The van der Waals surface area contributed by atoms with Gasteiger partial charge in [-0.1, -0.05) is 26.0 Å². The molecule has 4 N–H and O–H groups in total. The van der Waals surface area contributed by atoms with Crippen LogP contribution < -0.4 is 5.32 Å². The summed E-state index contributed by atoms with van der Waals surface area (Å²) in [4.78, 5) is 15.0. The van der Waals surface area contributed by atoms with Crippen molar-refractivity contribution in [2.24, 2.45) is 17.8 Å². The molecule has 28 heavy (non-hydrogen) atoms. The number of hydrogen-bond acceptors (Lipinski definition) is 4. The van der Waals surface area contributed by atoms with Crippen molar-refractivity contribution in [1.82, 2.24) is 10.2 Å². The van der Waals surface area contributed by atoms with Crippen molar-refractivity contribution in [3.05, 3.63) is 12.2 Å². The Kier molecular flexibility index (Phi) is 8.77. The van der Waals surface area contributed by atoms with Crippen LogP contribution in [0, 0.1) is 17.8 Å². The minimum atomic E-state index is -0.702. The molecule has 0 saturated carbocycles. The second kappa shape index (κ2) is 10.4. The van der Waals surface area contributed by atoms with Gasteiger partial charge in [0.15, 0.2) is 0 Å². The predicted octanol–water partition coefficient (Wildman–Crippen LogP) is 1.74. The van der Waals surface area contributed by atoms with Gasteiger partial charge >= 0.3 is 0 Å². The average Bonchev–Trinajstić information content (AvgIpc) is 3.16. The average molecular weight is 417 g/mol. The maximum atomic E-state index is 13.1. The molecule has 0 aromatic carbocycles. The van der Waals surface area contributed by atoms with Crippen LogP contribution in [0.3, 0.4) is 0 Å². The normalized spacial score (nSPS) is 30.9. The summed E-state index contributed by atoms with van der Waals surface area (Å²) in [5.74, 6) is 1.08. The smallest absolute Gasteiger partial charge is 0.239 e. The SMILES string of the molecule is CC(C)[C@@H](NCC1CCOC1)C(=O)N1CCC(O)(C2C=CC(Cl)CC2)CC1.O. The van der Waals surface area contributed by atoms with E-state index in [1.807, 2.05) is 11.0 Å². The van der Waals surface area contributed by atoms with E-state index < -0.39 is 5.60 Å². The van der Waals surface area contributed by atoms with Crippen LogP contribution in [0.2, 0.25) is 0 Å². The van der Waals surface area contributed by atoms with Gasteiger partial charge in [-0.05, 0) is 43.9 Å². The van der Waals surface area contributed by atoms with E-state index in [9.17, 15) is 9.90 Å². The number of hydrogen-bond donors (Lipinski definition) is 2. The van der Waals surface area contributed by atoms with Crippen LogP contribution in [-0.2, 0) is 9.53 Å². The number of allylic oxidation sites excluding steroid dienone is 1. The van der Waals surface area contributed by atoms with Crippen LogP contribution in [0.25, 0.3) is 0 Å². The highest BCUT2D eigenvalue weighted by Gasteiger charge is 2.41. The molecule has 7 heteroatoms. The predicted molar refractivity (Wildman–Crippen MR) is 111 cm³/mol. The zero-order chi connectivity index (χ0) is 19.4. The number of nitrogens with zero attached hydrogens (tertiary/aromatic N) is 1. The van der Waals surface area contributed by atoms with Crippen LogP contribution in [0.1, 0.15) is 46.0 Å². The molecule has 2 aliphatic heterocycles. The number of rotatable bonds is 6. The van der Waals surface area contributed by atoms with E-state index in [1.54, 1.807) is 0 Å². The molecule has 0 aromatic heterocycles. The van der Waals surface area contributed by atoms with Gasteiger partial charge in [-0.25, -0.2) is 0 Å². The molecule has 0 spiro atoms. The van der Waals surface area contributed by atoms with Crippen molar-refractivity contribution in [1.29, 1.82) is 0 Å². The summed E-state index contributed by atoms with van der Waals surface area (Å²) in [6.45, 7) is 7.90. The number of aliphatic hydroxyl groups is 1. The second-order valence-corrected chi connectivity index (χ2v) is 9.43. The Hall–Kier alpha value is -0.660. The zero-order valence-electron chi connectivity index (χ0n) is 17.2. The first-order chi connectivity index (χ1) is 12.9. The molecule has 4 atom stereocenters. The first-order valence-electron chi connectivity index (χ1n) is 10.5. The van der Waals surface area contributed by atoms with E-state index in [4.69, 9.17) is 16.3 Å². The number of amides is 1. The standard InChI is InChI=1S/C21H35ClN2O3.H2O/c1-15(2)19(23-13-16-7-12-27-14-16)20(25)24-10-8-21(26,9-11-24)17-3-5-18(22)6-4-17;/h3,5,15-19,23,26H,4,6-14H2,1-2H3;1H2/t16?,17?,18?,19-;/m1./s1. The van der Waals surface area contributed by atoms with Gasteiger partial charge in [-0.3, -0.25) is 4.79 Å². The third kappa shape index (κ3) is 5.70. The lowest BCUT2D eigenvalue weighted by Gasteiger charge is -2.44. The van der Waals surface area contributed by atoms with Crippen molar-refractivity contribution in [2.75, 3.05) is 32.8 Å². The third-order valence-electron chi connectivity index (χ3n) is 6.52. The number of nitrogens with one attached hydrogen (secondary N) is 1.